The Bertz CT molecular complexity index is 1030. The number of benzene rings is 2. The number of sulfonamides is 1. The van der Waals surface area contributed by atoms with Gasteiger partial charge in [0.25, 0.3) is 5.91 Å². The van der Waals surface area contributed by atoms with Gasteiger partial charge in [-0.2, -0.15) is 4.31 Å². The molecule has 172 valence electrons. The number of nitro benzene ring substituents is 1. The minimum Gasteiger partial charge on any atom is -0.477 e. The Balaban J connectivity index is 1.47. The monoisotopic (exact) mass is 461 g/mol. The lowest BCUT2D eigenvalue weighted by Crippen LogP contribution is -2.32. The van der Waals surface area contributed by atoms with E-state index in [0.717, 1.165) is 31.2 Å². The van der Waals surface area contributed by atoms with E-state index in [2.05, 4.69) is 5.32 Å². The van der Waals surface area contributed by atoms with Crippen molar-refractivity contribution in [2.45, 2.75) is 37.0 Å². The number of nitrogens with zero attached hydrogens (tertiary/aromatic N) is 2. The van der Waals surface area contributed by atoms with Crippen LogP contribution in [0.4, 0.5) is 5.69 Å². The maximum absolute atomic E-state index is 12.8. The molecule has 0 radical (unpaired) electrons. The van der Waals surface area contributed by atoms with Crippen LogP contribution in [0.3, 0.4) is 0 Å². The van der Waals surface area contributed by atoms with E-state index in [1.54, 1.807) is 34.6 Å². The molecule has 0 aromatic heterocycles. The fraction of sp³-hybridized carbons (Fsp3) is 0.409. The lowest BCUT2D eigenvalue weighted by Gasteiger charge is -2.20. The highest BCUT2D eigenvalue weighted by atomic mass is 32.2. The number of nitrogens with one attached hydrogen (secondary N) is 1. The van der Waals surface area contributed by atoms with Crippen molar-refractivity contribution in [2.75, 3.05) is 26.2 Å². The van der Waals surface area contributed by atoms with Crippen LogP contribution in [0.15, 0.2) is 53.4 Å². The second-order valence-corrected chi connectivity index (χ2v) is 9.51. The van der Waals surface area contributed by atoms with Crippen LogP contribution in [0.5, 0.6) is 5.75 Å². The van der Waals surface area contributed by atoms with Crippen molar-refractivity contribution in [2.24, 2.45) is 0 Å². The van der Waals surface area contributed by atoms with Gasteiger partial charge < -0.3 is 10.1 Å². The van der Waals surface area contributed by atoms with Gasteiger partial charge in [-0.25, -0.2) is 8.42 Å². The van der Waals surface area contributed by atoms with Crippen molar-refractivity contribution < 1.29 is 22.9 Å². The van der Waals surface area contributed by atoms with Gasteiger partial charge in [0.15, 0.2) is 12.4 Å². The molecule has 0 unspecified atom stereocenters. The Hall–Kier alpha value is -2.98. The first-order chi connectivity index (χ1) is 15.4. The summed E-state index contributed by atoms with van der Waals surface area (Å²) in [5.41, 5.74) is 0.690. The maximum atomic E-state index is 12.8. The molecule has 1 heterocycles. The molecule has 1 fully saturated rings. The van der Waals surface area contributed by atoms with Crippen LogP contribution < -0.4 is 10.1 Å². The third-order valence-electron chi connectivity index (χ3n) is 5.28. The minimum atomic E-state index is -3.48. The Morgan fingerprint density at radius 3 is 2.34 bits per heavy atom. The first kappa shape index (κ1) is 23.7. The fourth-order valence-corrected chi connectivity index (χ4v) is 5.05. The number of amides is 1. The van der Waals surface area contributed by atoms with E-state index >= 15 is 0 Å². The molecule has 1 aliphatic rings. The third-order valence-corrected chi connectivity index (χ3v) is 7.20. The van der Waals surface area contributed by atoms with E-state index in [4.69, 9.17) is 4.74 Å². The van der Waals surface area contributed by atoms with Crippen LogP contribution in [0.2, 0.25) is 0 Å². The van der Waals surface area contributed by atoms with Crippen LogP contribution in [0.1, 0.15) is 31.2 Å². The molecule has 0 atom stereocenters. The maximum Gasteiger partial charge on any atom is 0.310 e. The van der Waals surface area contributed by atoms with Gasteiger partial charge in [0.2, 0.25) is 10.0 Å². The number of hydrogen-bond acceptors (Lipinski definition) is 6. The van der Waals surface area contributed by atoms with Crippen LogP contribution >= 0.6 is 0 Å². The lowest BCUT2D eigenvalue weighted by atomic mass is 10.1. The second-order valence-electron chi connectivity index (χ2n) is 7.58. The summed E-state index contributed by atoms with van der Waals surface area (Å²) in [5.74, 6) is -0.364. The summed E-state index contributed by atoms with van der Waals surface area (Å²) in [5, 5.41) is 13.7. The molecule has 2 aromatic rings. The van der Waals surface area contributed by atoms with Gasteiger partial charge >= 0.3 is 5.69 Å². The van der Waals surface area contributed by atoms with Gasteiger partial charge in [0, 0.05) is 25.7 Å². The van der Waals surface area contributed by atoms with Crippen LogP contribution in [0, 0.1) is 10.1 Å². The highest BCUT2D eigenvalue weighted by Gasteiger charge is 2.24. The van der Waals surface area contributed by atoms with E-state index in [0.29, 0.717) is 26.1 Å². The molecule has 1 aliphatic heterocycles. The average molecular weight is 462 g/mol. The van der Waals surface area contributed by atoms with Crippen molar-refractivity contribution >= 4 is 21.6 Å². The quantitative estimate of drug-likeness (QED) is 0.453. The summed E-state index contributed by atoms with van der Waals surface area (Å²) in [7, 11) is -3.48. The van der Waals surface area contributed by atoms with Crippen molar-refractivity contribution in [1.82, 2.24) is 9.62 Å². The highest BCUT2D eigenvalue weighted by Crippen LogP contribution is 2.25. The highest BCUT2D eigenvalue weighted by molar-refractivity contribution is 7.89. The fourth-order valence-electron chi connectivity index (χ4n) is 3.53. The molecule has 0 aliphatic carbocycles. The summed E-state index contributed by atoms with van der Waals surface area (Å²) in [6.07, 6.45) is 4.41. The molecule has 3 rings (SSSR count). The minimum absolute atomic E-state index is 0.0360. The van der Waals surface area contributed by atoms with E-state index in [-0.39, 0.29) is 22.9 Å². The molecule has 32 heavy (non-hydrogen) atoms. The number of carbonyl (C=O) groups excluding carboxylic acids is 1. The molecule has 2 aromatic carbocycles. The zero-order chi connectivity index (χ0) is 23.0. The largest absolute Gasteiger partial charge is 0.477 e. The van der Waals surface area contributed by atoms with Crippen LogP contribution in [0.25, 0.3) is 0 Å². The summed E-state index contributed by atoms with van der Waals surface area (Å²) < 4.78 is 32.5. The van der Waals surface area contributed by atoms with Gasteiger partial charge in [0.05, 0.1) is 9.82 Å². The number of rotatable bonds is 9. The smallest absolute Gasteiger partial charge is 0.310 e. The first-order valence-electron chi connectivity index (χ1n) is 10.6. The third kappa shape index (κ3) is 6.27. The van der Waals surface area contributed by atoms with Gasteiger partial charge in [-0.15, -0.1) is 0 Å². The lowest BCUT2D eigenvalue weighted by molar-refractivity contribution is -0.385. The number of hydrogen-bond donors (Lipinski definition) is 1. The molecule has 0 bridgehead atoms. The predicted molar refractivity (Wildman–Crippen MR) is 119 cm³/mol. The van der Waals surface area contributed by atoms with Crippen LogP contribution in [-0.2, 0) is 21.2 Å². The Morgan fingerprint density at radius 1 is 1.03 bits per heavy atom. The van der Waals surface area contributed by atoms with E-state index in [1.807, 2.05) is 0 Å². The summed E-state index contributed by atoms with van der Waals surface area (Å²) in [6.45, 7) is 1.11. The van der Waals surface area contributed by atoms with Crippen molar-refractivity contribution in [3.63, 3.8) is 0 Å². The van der Waals surface area contributed by atoms with Gasteiger partial charge in [-0.1, -0.05) is 37.1 Å². The first-order valence-corrected chi connectivity index (χ1v) is 12.0. The van der Waals surface area contributed by atoms with Gasteiger partial charge in [-0.05, 0) is 43.0 Å². The predicted octanol–water partition coefficient (Wildman–Crippen LogP) is 2.90. The number of nitro groups is 1. The van der Waals surface area contributed by atoms with Crippen molar-refractivity contribution in [1.29, 1.82) is 0 Å². The number of para-hydroxylation sites is 2. The second kappa shape index (κ2) is 11.1. The van der Waals surface area contributed by atoms with E-state index in [1.165, 1.54) is 18.2 Å². The van der Waals surface area contributed by atoms with E-state index in [9.17, 15) is 23.3 Å². The van der Waals surface area contributed by atoms with Gasteiger partial charge in [-0.3, -0.25) is 14.9 Å². The summed E-state index contributed by atoms with van der Waals surface area (Å²) in [6, 6.07) is 12.6. The average Bonchev–Trinajstić information content (AvgIpc) is 3.08. The van der Waals surface area contributed by atoms with Crippen molar-refractivity contribution in [3.05, 3.63) is 64.2 Å². The number of ether oxygens (including phenoxy) is 1. The number of carbonyl (C=O) groups is 1. The summed E-state index contributed by atoms with van der Waals surface area (Å²) in [4.78, 5) is 22.7. The zero-order valence-corrected chi connectivity index (χ0v) is 18.6. The summed E-state index contributed by atoms with van der Waals surface area (Å²) >= 11 is 0. The van der Waals surface area contributed by atoms with Crippen molar-refractivity contribution in [3.8, 4) is 5.75 Å². The standard InChI is InChI=1S/C22H27N3O6S/c26-22(17-31-21-8-4-3-7-20(21)25(27)28)23-14-13-18-9-11-19(12-10-18)32(29,30)24-15-5-1-2-6-16-24/h3-4,7-12H,1-2,5-6,13-17H2,(H,23,26). The molecular weight excluding hydrogens is 434 g/mol. The molecular formula is C22H27N3O6S. The Labute approximate surface area is 187 Å². The molecule has 0 spiro atoms. The SMILES string of the molecule is O=C(COc1ccccc1[N+](=O)[O-])NCCc1ccc(S(=O)(=O)N2CCCCCC2)cc1. The Kier molecular flexibility index (Phi) is 8.18. The normalized spacial score (nSPS) is 15.0. The van der Waals surface area contributed by atoms with Gasteiger partial charge in [0.1, 0.15) is 0 Å². The Morgan fingerprint density at radius 2 is 1.69 bits per heavy atom. The molecule has 0 saturated carbocycles. The zero-order valence-electron chi connectivity index (χ0n) is 17.7. The topological polar surface area (TPSA) is 119 Å². The van der Waals surface area contributed by atoms with E-state index < -0.39 is 20.9 Å². The molecule has 9 nitrogen and oxygen atoms in total. The molecule has 1 saturated heterocycles. The molecule has 1 N–H and O–H groups in total. The molecule has 1 amide bonds. The molecule has 10 heteroatoms. The van der Waals surface area contributed by atoms with Crippen LogP contribution in [-0.4, -0.2) is 49.8 Å².